The molecule has 0 spiro atoms. The van der Waals surface area contributed by atoms with Gasteiger partial charge < -0.3 is 15.6 Å². The first kappa shape index (κ1) is 10.5. The van der Waals surface area contributed by atoms with Crippen molar-refractivity contribution in [1.82, 2.24) is 15.6 Å². The molecule has 0 aliphatic carbocycles. The van der Waals surface area contributed by atoms with Gasteiger partial charge in [0.05, 0.1) is 0 Å². The molecule has 1 aliphatic heterocycles. The fraction of sp³-hybridized carbons (Fsp3) is 0.273. The topological polar surface area (TPSA) is 74.0 Å². The van der Waals surface area contributed by atoms with E-state index in [-0.39, 0.29) is 17.9 Å². The second kappa shape index (κ2) is 3.84. The number of aromatic nitrogens is 1. The van der Waals surface area contributed by atoms with Gasteiger partial charge in [0.1, 0.15) is 6.04 Å². The Bertz CT molecular complexity index is 460. The number of nitrogens with one attached hydrogen (secondary N) is 3. The molecule has 5 heteroatoms. The Hall–Kier alpha value is -2.04. The molecule has 0 radical (unpaired) electrons. The Morgan fingerprint density at radius 3 is 2.75 bits per heavy atom. The molecule has 84 valence electrons. The summed E-state index contributed by atoms with van der Waals surface area (Å²) in [4.78, 5) is 25.9. The Labute approximate surface area is 92.9 Å². The summed E-state index contributed by atoms with van der Waals surface area (Å²) in [6, 6.07) is 2.99. The molecule has 1 aromatic heterocycles. The Balaban J connectivity index is 2.46. The average molecular weight is 219 g/mol. The first-order valence-corrected chi connectivity index (χ1v) is 5.02. The van der Waals surface area contributed by atoms with Crippen LogP contribution in [0.5, 0.6) is 0 Å². The lowest BCUT2D eigenvalue weighted by Crippen LogP contribution is -2.44. The number of carbonyl (C=O) groups is 2. The van der Waals surface area contributed by atoms with E-state index in [4.69, 9.17) is 0 Å². The molecule has 2 rings (SSSR count). The van der Waals surface area contributed by atoms with Gasteiger partial charge in [0.25, 0.3) is 0 Å². The van der Waals surface area contributed by atoms with Crippen LogP contribution >= 0.6 is 0 Å². The predicted molar refractivity (Wildman–Crippen MR) is 58.6 cm³/mol. The van der Waals surface area contributed by atoms with Crippen molar-refractivity contribution in [2.45, 2.75) is 19.9 Å². The summed E-state index contributed by atoms with van der Waals surface area (Å²) in [5.41, 5.74) is 2.00. The summed E-state index contributed by atoms with van der Waals surface area (Å²) in [7, 11) is 0. The zero-order chi connectivity index (χ0) is 11.7. The van der Waals surface area contributed by atoms with Gasteiger partial charge in [0.15, 0.2) is 5.78 Å². The fourth-order valence-corrected chi connectivity index (χ4v) is 1.92. The maximum absolute atomic E-state index is 11.6. The lowest BCUT2D eigenvalue weighted by atomic mass is 9.97. The van der Waals surface area contributed by atoms with E-state index >= 15 is 0 Å². The molecular formula is C11H13N3O2. The molecule has 2 heterocycles. The monoisotopic (exact) mass is 219 g/mol. The minimum absolute atomic E-state index is 0.0513. The molecule has 1 aliphatic rings. The molecule has 0 saturated carbocycles. The molecule has 1 atom stereocenters. The van der Waals surface area contributed by atoms with Crippen molar-refractivity contribution in [3.63, 3.8) is 0 Å². The van der Waals surface area contributed by atoms with Crippen molar-refractivity contribution in [1.29, 1.82) is 0 Å². The van der Waals surface area contributed by atoms with Crippen molar-refractivity contribution >= 4 is 11.8 Å². The molecule has 2 amide bonds. The standard InChI is InChI=1S/C11H13N3O2/c1-6-9(7(2)15)10(14-11(16)13-6)8-4-3-5-12-8/h3-5,10,12H,1-2H3,(H2,13,14,16). The summed E-state index contributed by atoms with van der Waals surface area (Å²) in [6.45, 7) is 3.22. The van der Waals surface area contributed by atoms with Gasteiger partial charge in [-0.1, -0.05) is 0 Å². The van der Waals surface area contributed by atoms with E-state index in [1.54, 1.807) is 13.1 Å². The molecule has 5 nitrogen and oxygen atoms in total. The molecule has 1 unspecified atom stereocenters. The van der Waals surface area contributed by atoms with Crippen LogP contribution in [0.2, 0.25) is 0 Å². The lowest BCUT2D eigenvalue weighted by Gasteiger charge is -2.26. The van der Waals surface area contributed by atoms with Crippen molar-refractivity contribution in [2.24, 2.45) is 0 Å². The van der Waals surface area contributed by atoms with Crippen LogP contribution in [0.15, 0.2) is 29.6 Å². The van der Waals surface area contributed by atoms with Crippen molar-refractivity contribution in [3.05, 3.63) is 35.3 Å². The lowest BCUT2D eigenvalue weighted by molar-refractivity contribution is -0.114. The van der Waals surface area contributed by atoms with Crippen LogP contribution in [-0.4, -0.2) is 16.8 Å². The minimum Gasteiger partial charge on any atom is -0.363 e. The average Bonchev–Trinajstić information content (AvgIpc) is 2.67. The van der Waals surface area contributed by atoms with E-state index in [0.29, 0.717) is 11.3 Å². The van der Waals surface area contributed by atoms with Crippen molar-refractivity contribution < 1.29 is 9.59 Å². The van der Waals surface area contributed by atoms with Gasteiger partial charge in [0.2, 0.25) is 0 Å². The summed E-state index contributed by atoms with van der Waals surface area (Å²) < 4.78 is 0. The molecule has 0 bridgehead atoms. The number of allylic oxidation sites excluding steroid dienone is 1. The second-order valence-electron chi connectivity index (χ2n) is 3.75. The van der Waals surface area contributed by atoms with Gasteiger partial charge in [-0.05, 0) is 26.0 Å². The number of hydrogen-bond acceptors (Lipinski definition) is 2. The Morgan fingerprint density at radius 2 is 2.19 bits per heavy atom. The summed E-state index contributed by atoms with van der Waals surface area (Å²) in [5.74, 6) is -0.0513. The summed E-state index contributed by atoms with van der Waals surface area (Å²) in [5, 5.41) is 5.32. The Kier molecular flexibility index (Phi) is 2.52. The van der Waals surface area contributed by atoms with Gasteiger partial charge in [-0.25, -0.2) is 4.79 Å². The van der Waals surface area contributed by atoms with Crippen LogP contribution in [0, 0.1) is 0 Å². The number of ketones is 1. The van der Waals surface area contributed by atoms with E-state index in [1.165, 1.54) is 6.92 Å². The van der Waals surface area contributed by atoms with Crippen LogP contribution in [0.3, 0.4) is 0 Å². The quantitative estimate of drug-likeness (QED) is 0.700. The number of urea groups is 1. The fourth-order valence-electron chi connectivity index (χ4n) is 1.92. The molecule has 0 saturated heterocycles. The second-order valence-corrected chi connectivity index (χ2v) is 3.75. The first-order valence-electron chi connectivity index (χ1n) is 5.02. The molecule has 0 aromatic carbocycles. The predicted octanol–water partition coefficient (Wildman–Crippen LogP) is 1.23. The zero-order valence-electron chi connectivity index (χ0n) is 9.13. The summed E-state index contributed by atoms with van der Waals surface area (Å²) >= 11 is 0. The molecular weight excluding hydrogens is 206 g/mol. The maximum atomic E-state index is 11.6. The number of aromatic amines is 1. The molecule has 3 N–H and O–H groups in total. The number of rotatable bonds is 2. The normalized spacial score (nSPS) is 20.4. The first-order chi connectivity index (χ1) is 7.59. The highest BCUT2D eigenvalue weighted by Gasteiger charge is 2.29. The highest BCUT2D eigenvalue weighted by atomic mass is 16.2. The summed E-state index contributed by atoms with van der Waals surface area (Å²) in [6.07, 6.45) is 1.76. The zero-order valence-corrected chi connectivity index (χ0v) is 9.13. The SMILES string of the molecule is CC(=O)C1=C(C)NC(=O)NC1c1ccc[nH]1. The van der Waals surface area contributed by atoms with E-state index in [2.05, 4.69) is 15.6 Å². The van der Waals surface area contributed by atoms with Gasteiger partial charge in [-0.15, -0.1) is 0 Å². The highest BCUT2D eigenvalue weighted by Crippen LogP contribution is 2.25. The third kappa shape index (κ3) is 1.71. The van der Waals surface area contributed by atoms with Crippen LogP contribution in [0.1, 0.15) is 25.6 Å². The van der Waals surface area contributed by atoms with Crippen LogP contribution in [-0.2, 0) is 4.79 Å². The van der Waals surface area contributed by atoms with E-state index < -0.39 is 0 Å². The van der Waals surface area contributed by atoms with E-state index in [1.807, 2.05) is 12.1 Å². The van der Waals surface area contributed by atoms with Gasteiger partial charge in [-0.2, -0.15) is 0 Å². The van der Waals surface area contributed by atoms with Gasteiger partial charge in [0, 0.05) is 23.2 Å². The number of carbonyl (C=O) groups excluding carboxylic acids is 2. The molecule has 16 heavy (non-hydrogen) atoms. The molecule has 1 aromatic rings. The van der Waals surface area contributed by atoms with Crippen LogP contribution < -0.4 is 10.6 Å². The van der Waals surface area contributed by atoms with Crippen molar-refractivity contribution in [2.75, 3.05) is 0 Å². The third-order valence-corrected chi connectivity index (χ3v) is 2.58. The minimum atomic E-state index is -0.388. The largest absolute Gasteiger partial charge is 0.363 e. The Morgan fingerprint density at radius 1 is 1.44 bits per heavy atom. The van der Waals surface area contributed by atoms with Crippen LogP contribution in [0.4, 0.5) is 4.79 Å². The smallest absolute Gasteiger partial charge is 0.319 e. The van der Waals surface area contributed by atoms with Gasteiger partial charge in [-0.3, -0.25) is 4.79 Å². The van der Waals surface area contributed by atoms with Crippen LogP contribution in [0.25, 0.3) is 0 Å². The van der Waals surface area contributed by atoms with E-state index in [0.717, 1.165) is 5.69 Å². The molecule has 0 fully saturated rings. The number of amides is 2. The van der Waals surface area contributed by atoms with E-state index in [9.17, 15) is 9.59 Å². The van der Waals surface area contributed by atoms with Crippen molar-refractivity contribution in [3.8, 4) is 0 Å². The van der Waals surface area contributed by atoms with Gasteiger partial charge >= 0.3 is 6.03 Å². The number of H-pyrrole nitrogens is 1. The highest BCUT2D eigenvalue weighted by molar-refractivity contribution is 5.98. The third-order valence-electron chi connectivity index (χ3n) is 2.58. The number of hydrogen-bond donors (Lipinski definition) is 3. The maximum Gasteiger partial charge on any atom is 0.319 e. The number of Topliss-reactive ketones (excluding diaryl/α,β-unsaturated/α-hetero) is 1.